The molecule has 0 radical (unpaired) electrons. The predicted octanol–water partition coefficient (Wildman–Crippen LogP) is -4.18. The number of barbiturate groups is 1. The van der Waals surface area contributed by atoms with Crippen molar-refractivity contribution in [3.63, 3.8) is 0 Å². The molecule has 2 fully saturated rings. The number of hydrogen-bond acceptors (Lipinski definition) is 3. The van der Waals surface area contributed by atoms with Crippen LogP contribution in [0.5, 0.6) is 0 Å². The van der Waals surface area contributed by atoms with Crippen LogP contribution in [0.2, 0.25) is 0 Å². The van der Waals surface area contributed by atoms with Gasteiger partial charge in [-0.25, -0.2) is 4.79 Å². The fraction of sp³-hybridized carbons (Fsp3) is 0.750. The zero-order chi connectivity index (χ0) is 13.3. The standard InChI is InChI=1S/C12H19N3O3.ClH/c1-3-12(15-6-4-8(2)5-7-15)9(16)13-11(18)14-10(12)17;/h8H,3-7H2,1-2H3,(H2,13,14,16,17,18);1H. The van der Waals surface area contributed by atoms with Crippen molar-refractivity contribution in [2.24, 2.45) is 5.92 Å². The quantitative estimate of drug-likeness (QED) is 0.451. The van der Waals surface area contributed by atoms with Crippen molar-refractivity contribution >= 4 is 17.8 Å². The fourth-order valence-electron chi connectivity index (χ4n) is 2.98. The number of halogens is 1. The summed E-state index contributed by atoms with van der Waals surface area (Å²) in [6.45, 7) is 5.59. The van der Waals surface area contributed by atoms with Crippen molar-refractivity contribution in [2.75, 3.05) is 13.1 Å². The van der Waals surface area contributed by atoms with E-state index in [0.717, 1.165) is 30.8 Å². The molecule has 0 unspecified atom stereocenters. The van der Waals surface area contributed by atoms with Gasteiger partial charge in [0.2, 0.25) is 0 Å². The minimum absolute atomic E-state index is 0. The van der Waals surface area contributed by atoms with Gasteiger partial charge in [-0.05, 0) is 18.8 Å². The Kier molecular flexibility index (Phi) is 4.92. The first kappa shape index (κ1) is 15.9. The van der Waals surface area contributed by atoms with Gasteiger partial charge < -0.3 is 17.3 Å². The van der Waals surface area contributed by atoms with Crippen LogP contribution in [0.15, 0.2) is 0 Å². The van der Waals surface area contributed by atoms with E-state index in [0.29, 0.717) is 12.3 Å². The Morgan fingerprint density at radius 3 is 2.05 bits per heavy atom. The monoisotopic (exact) mass is 289 g/mol. The molecule has 3 N–H and O–H groups in total. The molecule has 0 aromatic rings. The van der Waals surface area contributed by atoms with Crippen molar-refractivity contribution in [1.29, 1.82) is 0 Å². The minimum atomic E-state index is -1.13. The summed E-state index contributed by atoms with van der Waals surface area (Å²) in [5.41, 5.74) is -1.13. The van der Waals surface area contributed by atoms with E-state index >= 15 is 0 Å². The highest BCUT2D eigenvalue weighted by Gasteiger charge is 2.57. The van der Waals surface area contributed by atoms with Gasteiger partial charge in [-0.1, -0.05) is 13.8 Å². The number of imide groups is 2. The lowest BCUT2D eigenvalue weighted by Gasteiger charge is -2.41. The summed E-state index contributed by atoms with van der Waals surface area (Å²) in [6, 6.07) is -0.709. The van der Waals surface area contributed by atoms with Gasteiger partial charge >= 0.3 is 6.03 Å². The van der Waals surface area contributed by atoms with Gasteiger partial charge in [0.25, 0.3) is 17.4 Å². The zero-order valence-electron chi connectivity index (χ0n) is 11.2. The summed E-state index contributed by atoms with van der Waals surface area (Å²) in [5.74, 6) is -0.273. The van der Waals surface area contributed by atoms with Crippen LogP contribution < -0.4 is 27.9 Å². The molecule has 6 nitrogen and oxygen atoms in total. The third-order valence-corrected chi connectivity index (χ3v) is 4.24. The topological polar surface area (TPSA) is 79.7 Å². The van der Waals surface area contributed by atoms with Crippen molar-refractivity contribution < 1.29 is 31.7 Å². The van der Waals surface area contributed by atoms with E-state index in [4.69, 9.17) is 0 Å². The largest absolute Gasteiger partial charge is 1.00 e. The van der Waals surface area contributed by atoms with Crippen molar-refractivity contribution in [2.45, 2.75) is 38.6 Å². The Balaban J connectivity index is 0.00000180. The normalized spacial score (nSPS) is 30.1. The molecule has 2 heterocycles. The third-order valence-electron chi connectivity index (χ3n) is 4.24. The predicted molar refractivity (Wildman–Crippen MR) is 63.8 cm³/mol. The maximum atomic E-state index is 12.1. The van der Waals surface area contributed by atoms with E-state index < -0.39 is 23.4 Å². The van der Waals surface area contributed by atoms with Crippen molar-refractivity contribution in [3.05, 3.63) is 0 Å². The maximum absolute atomic E-state index is 12.1. The minimum Gasteiger partial charge on any atom is -1.00 e. The average Bonchev–Trinajstić information content (AvgIpc) is 2.31. The maximum Gasteiger partial charge on any atom is 0.328 e. The van der Waals surface area contributed by atoms with Crippen LogP contribution >= 0.6 is 0 Å². The van der Waals surface area contributed by atoms with Gasteiger partial charge in [0, 0.05) is 6.42 Å². The van der Waals surface area contributed by atoms with Crippen molar-refractivity contribution in [3.8, 4) is 0 Å². The smallest absolute Gasteiger partial charge is 0.328 e. The lowest BCUT2D eigenvalue weighted by molar-refractivity contribution is -0.938. The molecule has 2 aliphatic rings. The number of quaternary nitrogens is 1. The number of nitrogens with one attached hydrogen (secondary N) is 3. The molecule has 0 bridgehead atoms. The van der Waals surface area contributed by atoms with Gasteiger partial charge in [-0.3, -0.25) is 20.2 Å². The van der Waals surface area contributed by atoms with Gasteiger partial charge in [0.1, 0.15) is 0 Å². The second-order valence-corrected chi connectivity index (χ2v) is 5.28. The van der Waals surface area contributed by atoms with Gasteiger partial charge in [0.15, 0.2) is 0 Å². The number of hydrogen-bond donors (Lipinski definition) is 3. The molecular formula is C12H20ClN3O3. The van der Waals surface area contributed by atoms with E-state index in [1.165, 1.54) is 0 Å². The number of carbonyl (C=O) groups excluding carboxylic acids is 3. The van der Waals surface area contributed by atoms with Gasteiger partial charge in [-0.2, -0.15) is 0 Å². The summed E-state index contributed by atoms with van der Waals surface area (Å²) in [4.78, 5) is 36.4. The Labute approximate surface area is 118 Å². The first-order valence-electron chi connectivity index (χ1n) is 6.52. The zero-order valence-corrected chi connectivity index (χ0v) is 12.0. The molecule has 0 spiro atoms. The molecule has 19 heavy (non-hydrogen) atoms. The number of rotatable bonds is 2. The lowest BCUT2D eigenvalue weighted by atomic mass is 9.86. The Hall–Kier alpha value is -1.14. The van der Waals surface area contributed by atoms with Gasteiger partial charge in [-0.15, -0.1) is 0 Å². The molecule has 0 aromatic heterocycles. The summed E-state index contributed by atoms with van der Waals surface area (Å²) < 4.78 is 0. The van der Waals surface area contributed by atoms with E-state index in [1.807, 2.05) is 6.92 Å². The summed E-state index contributed by atoms with van der Waals surface area (Å²) in [5, 5.41) is 4.46. The molecule has 108 valence electrons. The van der Waals surface area contributed by atoms with Crippen LogP contribution in [0, 0.1) is 5.92 Å². The number of likely N-dealkylation sites (tertiary alicyclic amines) is 1. The van der Waals surface area contributed by atoms with Crippen LogP contribution in [-0.2, 0) is 9.59 Å². The van der Waals surface area contributed by atoms with Crippen LogP contribution in [0.4, 0.5) is 4.79 Å². The molecule has 0 aromatic carbocycles. The Morgan fingerprint density at radius 1 is 1.16 bits per heavy atom. The summed E-state index contributed by atoms with van der Waals surface area (Å²) in [6.07, 6.45) is 2.42. The van der Waals surface area contributed by atoms with E-state index in [9.17, 15) is 14.4 Å². The molecule has 0 aliphatic carbocycles. The molecule has 7 heteroatoms. The molecule has 0 saturated carbocycles. The molecule has 2 rings (SSSR count). The Bertz CT molecular complexity index is 372. The molecular weight excluding hydrogens is 270 g/mol. The SMILES string of the molecule is CCC1([NH+]2CCC(C)CC2)C(=O)NC(=O)NC1=O.[Cl-]. The highest BCUT2D eigenvalue weighted by atomic mass is 35.5. The lowest BCUT2D eigenvalue weighted by Crippen LogP contribution is -3.24. The number of piperidine rings is 1. The highest BCUT2D eigenvalue weighted by Crippen LogP contribution is 2.15. The van der Waals surface area contributed by atoms with Crippen LogP contribution in [0.1, 0.15) is 33.1 Å². The molecule has 2 saturated heterocycles. The Morgan fingerprint density at radius 2 is 1.63 bits per heavy atom. The molecule has 4 amide bonds. The summed E-state index contributed by atoms with van der Waals surface area (Å²) in [7, 11) is 0. The molecule has 0 atom stereocenters. The number of urea groups is 1. The van der Waals surface area contributed by atoms with Crippen LogP contribution in [0.3, 0.4) is 0 Å². The van der Waals surface area contributed by atoms with Crippen LogP contribution in [-0.4, -0.2) is 36.5 Å². The first-order valence-corrected chi connectivity index (χ1v) is 6.52. The fourth-order valence-corrected chi connectivity index (χ4v) is 2.98. The van der Waals surface area contributed by atoms with E-state index in [2.05, 4.69) is 17.6 Å². The first-order chi connectivity index (χ1) is 8.50. The second-order valence-electron chi connectivity index (χ2n) is 5.28. The van der Waals surface area contributed by atoms with E-state index in [1.54, 1.807) is 0 Å². The van der Waals surface area contributed by atoms with E-state index in [-0.39, 0.29) is 12.4 Å². The second kappa shape index (κ2) is 5.88. The number of carbonyl (C=O) groups is 3. The number of amides is 4. The molecule has 2 aliphatic heterocycles. The van der Waals surface area contributed by atoms with Gasteiger partial charge in [0.05, 0.1) is 13.1 Å². The average molecular weight is 290 g/mol. The third kappa shape index (κ3) is 2.60. The van der Waals surface area contributed by atoms with Crippen molar-refractivity contribution in [1.82, 2.24) is 10.6 Å². The highest BCUT2D eigenvalue weighted by molar-refractivity contribution is 6.21. The summed E-state index contributed by atoms with van der Waals surface area (Å²) >= 11 is 0. The van der Waals surface area contributed by atoms with Crippen LogP contribution in [0.25, 0.3) is 0 Å².